The fourth-order valence-electron chi connectivity index (χ4n) is 1.26. The molecule has 0 unspecified atom stereocenters. The summed E-state index contributed by atoms with van der Waals surface area (Å²) in [5.74, 6) is 0. The van der Waals surface area contributed by atoms with E-state index >= 15 is 0 Å². The fourth-order valence-corrected chi connectivity index (χ4v) is 2.65. The van der Waals surface area contributed by atoms with Gasteiger partial charge in [-0.1, -0.05) is 0 Å². The second-order valence-corrected chi connectivity index (χ2v) is 4.97. The third-order valence-electron chi connectivity index (χ3n) is 1.97. The van der Waals surface area contributed by atoms with Crippen LogP contribution in [0.25, 0.3) is 0 Å². The van der Waals surface area contributed by atoms with Gasteiger partial charge >= 0.3 is 78.9 Å². The first kappa shape index (κ1) is 9.70. The van der Waals surface area contributed by atoms with E-state index in [1.807, 2.05) is 0 Å². The number of hydrogen-bond acceptors (Lipinski definition) is 3. The summed E-state index contributed by atoms with van der Waals surface area (Å²) >= 11 is 0.301. The topological polar surface area (TPSA) is 26.7 Å². The van der Waals surface area contributed by atoms with Gasteiger partial charge in [0, 0.05) is 0 Å². The van der Waals surface area contributed by atoms with Crippen LogP contribution in [-0.4, -0.2) is 57.4 Å². The Morgan fingerprint density at radius 3 is 2.36 bits per heavy atom. The molecule has 0 aliphatic carbocycles. The molecule has 0 aromatic heterocycles. The van der Waals surface area contributed by atoms with E-state index in [9.17, 15) is 0 Å². The minimum absolute atomic E-state index is 0.301. The van der Waals surface area contributed by atoms with Gasteiger partial charge < -0.3 is 0 Å². The molecule has 0 amide bonds. The number of alkyl halides is 1. The van der Waals surface area contributed by atoms with Gasteiger partial charge in [0.2, 0.25) is 0 Å². The molecule has 4 heteroatoms. The first-order valence-electron chi connectivity index (χ1n) is 3.94. The van der Waals surface area contributed by atoms with Crippen molar-refractivity contribution in [1.29, 1.82) is 0 Å². The van der Waals surface area contributed by atoms with Crippen LogP contribution < -0.4 is 21.5 Å². The van der Waals surface area contributed by atoms with Crippen molar-refractivity contribution >= 4 is 0 Å². The number of halogens is 1. The Bertz CT molecular complexity index is 105. The van der Waals surface area contributed by atoms with Crippen LogP contribution >= 0.6 is 0 Å². The van der Waals surface area contributed by atoms with Crippen molar-refractivity contribution in [2.45, 2.75) is 0 Å². The van der Waals surface area contributed by atoms with E-state index in [1.54, 1.807) is 0 Å². The molecule has 0 aromatic rings. The monoisotopic (exact) mass is 271 g/mol. The predicted octanol–water partition coefficient (Wildman–Crippen LogP) is -3.77. The number of β-amino-alcohol motifs (C(OH)–C–C–N with tert-alkyl or cyclic N) is 1. The zero-order chi connectivity index (χ0) is 8.10. The van der Waals surface area contributed by atoms with Gasteiger partial charge in [0.25, 0.3) is 0 Å². The van der Waals surface area contributed by atoms with Gasteiger partial charge in [-0.3, -0.25) is 0 Å². The molecule has 0 atom stereocenters. The Kier molecular flexibility index (Phi) is 4.66. The Balaban J connectivity index is 2.14. The van der Waals surface area contributed by atoms with Crippen LogP contribution in [0.3, 0.4) is 0 Å². The van der Waals surface area contributed by atoms with Crippen molar-refractivity contribution in [1.82, 2.24) is 8.01 Å². The summed E-state index contributed by atoms with van der Waals surface area (Å²) in [6.07, 6.45) is 0. The molecule has 1 aliphatic heterocycles. The summed E-state index contributed by atoms with van der Waals surface area (Å²) in [5, 5.41) is 8.69. The average Bonchev–Trinajstić information content (AvgIpc) is 2.07. The van der Waals surface area contributed by atoms with Gasteiger partial charge in [-0.25, -0.2) is 0 Å². The number of aliphatic hydroxyl groups is 1. The van der Waals surface area contributed by atoms with Gasteiger partial charge in [0.1, 0.15) is 0 Å². The van der Waals surface area contributed by atoms with E-state index in [2.05, 4.69) is 12.9 Å². The summed E-state index contributed by atoms with van der Waals surface area (Å²) in [6.45, 7) is 5.88. The standard InChI is InChI=1S/C7H16IN2O/c1-8-10-4-2-9(3-5-10)6-7-11/h11H,2-7H2,1H3/q-1. The molecule has 3 nitrogen and oxygen atoms in total. The molecule has 0 aromatic carbocycles. The SMILES string of the molecule is C[I-]N1CCN(CCO)CC1. The first-order valence-corrected chi connectivity index (χ1v) is 7.07. The number of hydrogen-bond donors (Lipinski definition) is 1. The van der Waals surface area contributed by atoms with Crippen molar-refractivity contribution in [3.8, 4) is 0 Å². The van der Waals surface area contributed by atoms with Crippen molar-refractivity contribution in [3.05, 3.63) is 0 Å². The molecular weight excluding hydrogens is 255 g/mol. The van der Waals surface area contributed by atoms with Crippen LogP contribution in [0.1, 0.15) is 0 Å². The number of piperazine rings is 1. The Labute approximate surface area is 79.0 Å². The maximum absolute atomic E-state index is 8.69. The van der Waals surface area contributed by atoms with E-state index < -0.39 is 0 Å². The minimum atomic E-state index is 0.301. The normalized spacial score (nSPS) is 22.7. The van der Waals surface area contributed by atoms with Crippen LogP contribution in [-0.2, 0) is 0 Å². The van der Waals surface area contributed by atoms with Gasteiger partial charge in [0.05, 0.1) is 0 Å². The summed E-state index contributed by atoms with van der Waals surface area (Å²) in [5.41, 5.74) is 0. The fraction of sp³-hybridized carbons (Fsp3) is 1.00. The maximum atomic E-state index is 8.69. The molecule has 1 saturated heterocycles. The van der Waals surface area contributed by atoms with E-state index in [0.717, 1.165) is 19.6 Å². The molecule has 1 rings (SSSR count). The summed E-state index contributed by atoms with van der Waals surface area (Å²) in [6, 6.07) is 0. The quantitative estimate of drug-likeness (QED) is 0.324. The van der Waals surface area contributed by atoms with E-state index in [0.29, 0.717) is 28.1 Å². The predicted molar refractivity (Wildman–Crippen MR) is 41.0 cm³/mol. The first-order chi connectivity index (χ1) is 5.36. The van der Waals surface area contributed by atoms with Crippen LogP contribution in [0.4, 0.5) is 0 Å². The Morgan fingerprint density at radius 2 is 1.91 bits per heavy atom. The van der Waals surface area contributed by atoms with E-state index in [-0.39, 0.29) is 0 Å². The van der Waals surface area contributed by atoms with E-state index in [4.69, 9.17) is 5.11 Å². The summed E-state index contributed by atoms with van der Waals surface area (Å²) in [4.78, 5) is 4.64. The number of nitrogens with zero attached hydrogens (tertiary/aromatic N) is 2. The van der Waals surface area contributed by atoms with Crippen molar-refractivity contribution in [2.24, 2.45) is 0 Å². The zero-order valence-electron chi connectivity index (χ0n) is 6.96. The molecule has 1 fully saturated rings. The number of rotatable bonds is 3. The Morgan fingerprint density at radius 1 is 1.27 bits per heavy atom. The van der Waals surface area contributed by atoms with Gasteiger partial charge in [-0.2, -0.15) is 0 Å². The Hall–Kier alpha value is 0.610. The molecule has 0 saturated carbocycles. The molecule has 0 spiro atoms. The van der Waals surface area contributed by atoms with Crippen molar-refractivity contribution in [2.75, 3.05) is 44.3 Å². The van der Waals surface area contributed by atoms with Crippen LogP contribution in [0.5, 0.6) is 0 Å². The zero-order valence-corrected chi connectivity index (χ0v) is 9.12. The van der Waals surface area contributed by atoms with Crippen LogP contribution in [0, 0.1) is 0 Å². The molecule has 1 N–H and O–H groups in total. The van der Waals surface area contributed by atoms with Crippen LogP contribution in [0.2, 0.25) is 0 Å². The molecular formula is C7H16IN2O-. The van der Waals surface area contributed by atoms with Crippen LogP contribution in [0.15, 0.2) is 0 Å². The second kappa shape index (κ2) is 5.29. The number of aliphatic hydroxyl groups excluding tert-OH is 1. The van der Waals surface area contributed by atoms with Crippen molar-refractivity contribution in [3.63, 3.8) is 0 Å². The molecule has 68 valence electrons. The summed E-state index contributed by atoms with van der Waals surface area (Å²) in [7, 11) is 0. The molecule has 0 bridgehead atoms. The van der Waals surface area contributed by atoms with Gasteiger partial charge in [-0.05, 0) is 0 Å². The van der Waals surface area contributed by atoms with E-state index in [1.165, 1.54) is 13.1 Å². The average molecular weight is 271 g/mol. The molecule has 1 heterocycles. The summed E-state index contributed by atoms with van der Waals surface area (Å²) < 4.78 is 2.55. The third kappa shape index (κ3) is 3.23. The molecule has 11 heavy (non-hydrogen) atoms. The van der Waals surface area contributed by atoms with Gasteiger partial charge in [0.15, 0.2) is 0 Å². The second-order valence-electron chi connectivity index (χ2n) is 2.64. The third-order valence-corrected chi connectivity index (χ3v) is 4.30. The van der Waals surface area contributed by atoms with Gasteiger partial charge in [-0.15, -0.1) is 0 Å². The molecule has 1 aliphatic rings. The van der Waals surface area contributed by atoms with Crippen molar-refractivity contribution < 1.29 is 26.6 Å². The molecule has 0 radical (unpaired) electrons.